The van der Waals surface area contributed by atoms with E-state index in [0.717, 1.165) is 16.9 Å². The molecule has 1 N–H and O–H groups in total. The highest BCUT2D eigenvalue weighted by atomic mass is 32.2. The normalized spacial score (nSPS) is 13.3. The van der Waals surface area contributed by atoms with Crippen molar-refractivity contribution in [2.45, 2.75) is 17.2 Å². The minimum absolute atomic E-state index is 0.00865. The third-order valence-corrected chi connectivity index (χ3v) is 6.72. The van der Waals surface area contributed by atoms with Crippen molar-refractivity contribution in [3.63, 3.8) is 0 Å². The Hall–Kier alpha value is -1.70. The average molecular weight is 325 g/mol. The standard InChI is InChI=1S/C14H15NO4S2/c1-10(11-6-4-3-5-7-11)15(2)21(18,19)13-9-8-12(20-13)14(16)17/h3-10H,1-2H3,(H,16,17). The van der Waals surface area contributed by atoms with Gasteiger partial charge in [-0.05, 0) is 24.6 Å². The van der Waals surface area contributed by atoms with Gasteiger partial charge in [-0.3, -0.25) is 0 Å². The maximum Gasteiger partial charge on any atom is 0.345 e. The number of hydrogen-bond donors (Lipinski definition) is 1. The lowest BCUT2D eigenvalue weighted by Crippen LogP contribution is -2.29. The highest BCUT2D eigenvalue weighted by molar-refractivity contribution is 7.91. The summed E-state index contributed by atoms with van der Waals surface area (Å²) >= 11 is 0.760. The van der Waals surface area contributed by atoms with Crippen LogP contribution in [0.25, 0.3) is 0 Å². The minimum Gasteiger partial charge on any atom is -0.477 e. The van der Waals surface area contributed by atoms with E-state index < -0.39 is 16.0 Å². The van der Waals surface area contributed by atoms with Gasteiger partial charge in [0.15, 0.2) is 0 Å². The molecule has 0 saturated carbocycles. The lowest BCUT2D eigenvalue weighted by molar-refractivity contribution is 0.0702. The van der Waals surface area contributed by atoms with Gasteiger partial charge in [0, 0.05) is 13.1 Å². The van der Waals surface area contributed by atoms with Crippen LogP contribution in [0.5, 0.6) is 0 Å². The number of carbonyl (C=O) groups is 1. The van der Waals surface area contributed by atoms with Crippen LogP contribution in [0.4, 0.5) is 0 Å². The smallest absolute Gasteiger partial charge is 0.345 e. The summed E-state index contributed by atoms with van der Waals surface area (Å²) in [5.74, 6) is -1.12. The summed E-state index contributed by atoms with van der Waals surface area (Å²) < 4.78 is 26.3. The zero-order valence-electron chi connectivity index (χ0n) is 11.6. The summed E-state index contributed by atoms with van der Waals surface area (Å²) in [5.41, 5.74) is 0.874. The Morgan fingerprint density at radius 3 is 2.33 bits per heavy atom. The van der Waals surface area contributed by atoms with Gasteiger partial charge in [0.1, 0.15) is 9.09 Å². The molecule has 7 heteroatoms. The van der Waals surface area contributed by atoms with Crippen molar-refractivity contribution in [2.24, 2.45) is 0 Å². The summed E-state index contributed by atoms with van der Waals surface area (Å²) in [6, 6.07) is 11.6. The number of hydrogen-bond acceptors (Lipinski definition) is 4. The largest absolute Gasteiger partial charge is 0.477 e. The molecule has 0 aliphatic heterocycles. The highest BCUT2D eigenvalue weighted by Crippen LogP contribution is 2.29. The number of carboxylic acid groups (broad SMARTS) is 1. The molecule has 0 radical (unpaired) electrons. The Labute approximate surface area is 127 Å². The van der Waals surface area contributed by atoms with Crippen molar-refractivity contribution in [1.29, 1.82) is 0 Å². The Bertz CT molecular complexity index is 737. The SMILES string of the molecule is CC(c1ccccc1)N(C)S(=O)(=O)c1ccc(C(=O)O)s1. The second-order valence-electron chi connectivity index (χ2n) is 4.53. The first-order chi connectivity index (χ1) is 9.84. The van der Waals surface area contributed by atoms with Gasteiger partial charge in [-0.1, -0.05) is 30.3 Å². The molecule has 1 aromatic carbocycles. The van der Waals surface area contributed by atoms with Crippen LogP contribution in [-0.4, -0.2) is 30.8 Å². The van der Waals surface area contributed by atoms with E-state index in [0.29, 0.717) is 0 Å². The number of sulfonamides is 1. The van der Waals surface area contributed by atoms with Crippen molar-refractivity contribution in [2.75, 3.05) is 7.05 Å². The van der Waals surface area contributed by atoms with Gasteiger partial charge in [-0.2, -0.15) is 4.31 Å². The molecule has 2 rings (SSSR count). The molecule has 0 aliphatic carbocycles. The van der Waals surface area contributed by atoms with E-state index in [2.05, 4.69) is 0 Å². The van der Waals surface area contributed by atoms with E-state index in [1.807, 2.05) is 30.3 Å². The highest BCUT2D eigenvalue weighted by Gasteiger charge is 2.28. The van der Waals surface area contributed by atoms with Crippen LogP contribution in [0.15, 0.2) is 46.7 Å². The van der Waals surface area contributed by atoms with Crippen LogP contribution < -0.4 is 0 Å². The van der Waals surface area contributed by atoms with Gasteiger partial charge >= 0.3 is 5.97 Å². The quantitative estimate of drug-likeness (QED) is 0.917. The maximum atomic E-state index is 12.5. The van der Waals surface area contributed by atoms with E-state index in [-0.39, 0.29) is 15.1 Å². The Balaban J connectivity index is 2.32. The van der Waals surface area contributed by atoms with E-state index in [9.17, 15) is 13.2 Å². The Morgan fingerprint density at radius 1 is 1.19 bits per heavy atom. The first-order valence-electron chi connectivity index (χ1n) is 6.20. The van der Waals surface area contributed by atoms with Crippen LogP contribution in [-0.2, 0) is 10.0 Å². The fraction of sp³-hybridized carbons (Fsp3) is 0.214. The summed E-state index contributed by atoms with van der Waals surface area (Å²) in [4.78, 5) is 10.9. The molecule has 1 aromatic heterocycles. The summed E-state index contributed by atoms with van der Waals surface area (Å²) in [6.07, 6.45) is 0. The third kappa shape index (κ3) is 3.15. The average Bonchev–Trinajstić information content (AvgIpc) is 2.97. The van der Waals surface area contributed by atoms with Crippen molar-refractivity contribution in [1.82, 2.24) is 4.31 Å². The van der Waals surface area contributed by atoms with Gasteiger partial charge in [-0.25, -0.2) is 13.2 Å². The van der Waals surface area contributed by atoms with Crippen LogP contribution >= 0.6 is 11.3 Å². The molecule has 0 aliphatic rings. The van der Waals surface area contributed by atoms with E-state index in [1.165, 1.54) is 23.5 Å². The summed E-state index contributed by atoms with van der Waals surface area (Å²) in [5, 5.41) is 8.89. The number of nitrogens with zero attached hydrogens (tertiary/aromatic N) is 1. The molecule has 5 nitrogen and oxygen atoms in total. The Morgan fingerprint density at radius 2 is 1.81 bits per heavy atom. The molecule has 21 heavy (non-hydrogen) atoms. The number of carboxylic acids is 1. The molecule has 2 aromatic rings. The maximum absolute atomic E-state index is 12.5. The molecule has 0 amide bonds. The molecule has 1 unspecified atom stereocenters. The third-order valence-electron chi connectivity index (χ3n) is 3.25. The topological polar surface area (TPSA) is 74.7 Å². The fourth-order valence-electron chi connectivity index (χ4n) is 1.87. The molecule has 0 spiro atoms. The molecule has 112 valence electrons. The fourth-order valence-corrected chi connectivity index (χ4v) is 4.55. The molecule has 0 fully saturated rings. The molecular weight excluding hydrogens is 310 g/mol. The number of aromatic carboxylic acids is 1. The lowest BCUT2D eigenvalue weighted by Gasteiger charge is -2.23. The first kappa shape index (κ1) is 15.7. The van der Waals surface area contributed by atoms with Crippen LogP contribution in [0.1, 0.15) is 28.2 Å². The molecule has 1 heterocycles. The van der Waals surface area contributed by atoms with Crippen molar-refractivity contribution in [3.05, 3.63) is 52.9 Å². The predicted octanol–water partition coefficient (Wildman–Crippen LogP) is 2.83. The monoisotopic (exact) mass is 325 g/mol. The van der Waals surface area contributed by atoms with Crippen molar-refractivity contribution in [3.8, 4) is 0 Å². The van der Waals surface area contributed by atoms with E-state index >= 15 is 0 Å². The van der Waals surface area contributed by atoms with Crippen LogP contribution in [0, 0.1) is 0 Å². The number of benzene rings is 1. The first-order valence-corrected chi connectivity index (χ1v) is 8.46. The lowest BCUT2D eigenvalue weighted by atomic mass is 10.1. The second kappa shape index (κ2) is 5.97. The number of thiophene rings is 1. The van der Waals surface area contributed by atoms with Gasteiger partial charge < -0.3 is 5.11 Å². The number of rotatable bonds is 5. The zero-order valence-corrected chi connectivity index (χ0v) is 13.2. The van der Waals surface area contributed by atoms with Gasteiger partial charge in [0.05, 0.1) is 0 Å². The molecule has 0 bridgehead atoms. The van der Waals surface area contributed by atoms with Gasteiger partial charge in [-0.15, -0.1) is 11.3 Å². The van der Waals surface area contributed by atoms with Crippen LogP contribution in [0.2, 0.25) is 0 Å². The molecule has 1 atom stereocenters. The summed E-state index contributed by atoms with van der Waals surface area (Å²) in [7, 11) is -2.22. The van der Waals surface area contributed by atoms with Crippen molar-refractivity contribution >= 4 is 27.3 Å². The van der Waals surface area contributed by atoms with E-state index in [1.54, 1.807) is 6.92 Å². The predicted molar refractivity (Wildman–Crippen MR) is 81.1 cm³/mol. The Kier molecular flexibility index (Phi) is 4.46. The van der Waals surface area contributed by atoms with Crippen LogP contribution in [0.3, 0.4) is 0 Å². The van der Waals surface area contributed by atoms with Gasteiger partial charge in [0.2, 0.25) is 0 Å². The minimum atomic E-state index is -3.71. The molecular formula is C14H15NO4S2. The van der Waals surface area contributed by atoms with E-state index in [4.69, 9.17) is 5.11 Å². The summed E-state index contributed by atoms with van der Waals surface area (Å²) in [6.45, 7) is 1.79. The van der Waals surface area contributed by atoms with Gasteiger partial charge in [0.25, 0.3) is 10.0 Å². The second-order valence-corrected chi connectivity index (χ2v) is 7.84. The molecule has 0 saturated heterocycles. The zero-order chi connectivity index (χ0) is 15.6. The van der Waals surface area contributed by atoms with Crippen molar-refractivity contribution < 1.29 is 18.3 Å².